The lowest BCUT2D eigenvalue weighted by molar-refractivity contribution is 0.00235. The summed E-state index contributed by atoms with van der Waals surface area (Å²) in [5.74, 6) is 0.666. The van der Waals surface area contributed by atoms with Crippen LogP contribution in [0.5, 0.6) is 0 Å². The Kier molecular flexibility index (Phi) is 6.46. The molecule has 0 bridgehead atoms. The molecule has 2 aromatic heterocycles. The molecule has 9 heteroatoms. The summed E-state index contributed by atoms with van der Waals surface area (Å²) in [5, 5.41) is 4.05. The Morgan fingerprint density at radius 2 is 2.17 bits per heavy atom. The Hall–Kier alpha value is -2.39. The van der Waals surface area contributed by atoms with Crippen LogP contribution in [0.15, 0.2) is 23.0 Å². The molecule has 2 saturated heterocycles. The Bertz CT molecular complexity index is 824. The molecule has 0 saturated carbocycles. The van der Waals surface area contributed by atoms with Gasteiger partial charge in [0.25, 0.3) is 5.91 Å². The molecule has 1 unspecified atom stereocenters. The molecule has 0 radical (unpaired) electrons. The largest absolute Gasteiger partial charge is 0.381 e. The van der Waals surface area contributed by atoms with E-state index in [4.69, 9.17) is 14.0 Å². The van der Waals surface area contributed by atoms with Gasteiger partial charge in [-0.15, -0.1) is 0 Å². The van der Waals surface area contributed by atoms with Gasteiger partial charge in [-0.2, -0.15) is 4.98 Å². The highest BCUT2D eigenvalue weighted by molar-refractivity contribution is 5.94. The van der Waals surface area contributed by atoms with Crippen molar-refractivity contribution in [3.05, 3.63) is 41.6 Å². The number of halogens is 1. The minimum atomic E-state index is -0.599. The number of pyridine rings is 1. The molecule has 0 aliphatic carbocycles. The van der Waals surface area contributed by atoms with Gasteiger partial charge in [0.1, 0.15) is 0 Å². The maximum absolute atomic E-state index is 13.8. The van der Waals surface area contributed by atoms with Crippen LogP contribution in [0.25, 0.3) is 0 Å². The average Bonchev–Trinajstić information content (AvgIpc) is 3.23. The molecule has 2 aromatic rings. The van der Waals surface area contributed by atoms with Gasteiger partial charge >= 0.3 is 0 Å². The average molecular weight is 404 g/mol. The summed E-state index contributed by atoms with van der Waals surface area (Å²) in [7, 11) is 0. The van der Waals surface area contributed by atoms with Gasteiger partial charge in [0.2, 0.25) is 5.89 Å². The lowest BCUT2D eigenvalue weighted by Gasteiger charge is -2.32. The van der Waals surface area contributed by atoms with Crippen LogP contribution >= 0.6 is 0 Å². The van der Waals surface area contributed by atoms with Gasteiger partial charge in [0.05, 0.1) is 24.5 Å². The molecule has 4 rings (SSSR count). The van der Waals surface area contributed by atoms with Crippen LogP contribution in [0.3, 0.4) is 0 Å². The zero-order valence-electron chi connectivity index (χ0n) is 16.3. The highest BCUT2D eigenvalue weighted by Crippen LogP contribution is 2.25. The van der Waals surface area contributed by atoms with E-state index in [-0.39, 0.29) is 23.5 Å². The smallest absolute Gasteiger partial charge is 0.257 e. The molecule has 29 heavy (non-hydrogen) atoms. The van der Waals surface area contributed by atoms with E-state index in [2.05, 4.69) is 15.1 Å². The Morgan fingerprint density at radius 3 is 3.00 bits per heavy atom. The van der Waals surface area contributed by atoms with Crippen molar-refractivity contribution in [2.75, 3.05) is 32.9 Å². The molecule has 2 aliphatic rings. The number of hydrogen-bond donors (Lipinski definition) is 0. The second-order valence-electron chi connectivity index (χ2n) is 7.43. The van der Waals surface area contributed by atoms with Crippen molar-refractivity contribution in [1.82, 2.24) is 20.0 Å². The number of nitrogens with zero attached hydrogens (tertiary/aromatic N) is 4. The predicted octanol–water partition coefficient (Wildman–Crippen LogP) is 2.36. The van der Waals surface area contributed by atoms with E-state index < -0.39 is 5.82 Å². The van der Waals surface area contributed by atoms with E-state index in [0.717, 1.165) is 45.1 Å². The van der Waals surface area contributed by atoms with E-state index in [1.54, 1.807) is 4.90 Å². The van der Waals surface area contributed by atoms with E-state index in [9.17, 15) is 9.18 Å². The topological polar surface area (TPSA) is 90.6 Å². The molecule has 4 heterocycles. The third-order valence-electron chi connectivity index (χ3n) is 5.40. The SMILES string of the molecule is O=C(c1ccncc1F)N1CCCC(OCCc2noc(C3CCOCC3)n2)C1. The molecule has 2 aliphatic heterocycles. The molecule has 0 aromatic carbocycles. The van der Waals surface area contributed by atoms with Crippen molar-refractivity contribution < 1.29 is 23.2 Å². The summed E-state index contributed by atoms with van der Waals surface area (Å²) >= 11 is 0. The lowest BCUT2D eigenvalue weighted by Crippen LogP contribution is -2.43. The fraction of sp³-hybridized carbons (Fsp3) is 0.600. The molecular weight excluding hydrogens is 379 g/mol. The number of piperidine rings is 1. The Labute approximate surface area is 168 Å². The van der Waals surface area contributed by atoms with E-state index in [1.165, 1.54) is 12.3 Å². The van der Waals surface area contributed by atoms with Crippen LogP contribution in [0.2, 0.25) is 0 Å². The second-order valence-corrected chi connectivity index (χ2v) is 7.43. The highest BCUT2D eigenvalue weighted by Gasteiger charge is 2.27. The quantitative estimate of drug-likeness (QED) is 0.730. The van der Waals surface area contributed by atoms with E-state index in [1.807, 2.05) is 0 Å². The maximum atomic E-state index is 13.8. The molecule has 1 atom stereocenters. The third kappa shape index (κ3) is 4.97. The van der Waals surface area contributed by atoms with Crippen molar-refractivity contribution in [2.45, 2.75) is 44.1 Å². The Balaban J connectivity index is 1.25. The summed E-state index contributed by atoms with van der Waals surface area (Å²) in [6.45, 7) is 2.95. The fourth-order valence-corrected chi connectivity index (χ4v) is 3.77. The van der Waals surface area contributed by atoms with Gasteiger partial charge in [-0.3, -0.25) is 9.78 Å². The molecular formula is C20H25FN4O4. The van der Waals surface area contributed by atoms with Gasteiger partial charge in [-0.25, -0.2) is 4.39 Å². The molecule has 0 N–H and O–H groups in total. The molecule has 156 valence electrons. The van der Waals surface area contributed by atoms with Crippen LogP contribution in [-0.4, -0.2) is 64.9 Å². The van der Waals surface area contributed by atoms with Crippen molar-refractivity contribution in [1.29, 1.82) is 0 Å². The first-order valence-electron chi connectivity index (χ1n) is 10.1. The number of ether oxygens (including phenoxy) is 2. The summed E-state index contributed by atoms with van der Waals surface area (Å²) < 4.78 is 30.5. The second kappa shape index (κ2) is 9.41. The van der Waals surface area contributed by atoms with Gasteiger partial charge in [-0.1, -0.05) is 5.16 Å². The highest BCUT2D eigenvalue weighted by atomic mass is 19.1. The van der Waals surface area contributed by atoms with Crippen LogP contribution in [0, 0.1) is 5.82 Å². The summed E-state index contributed by atoms with van der Waals surface area (Å²) in [4.78, 5) is 22.4. The van der Waals surface area contributed by atoms with Gasteiger partial charge in [0.15, 0.2) is 11.6 Å². The first-order chi connectivity index (χ1) is 14.2. The number of carbonyl (C=O) groups is 1. The number of carbonyl (C=O) groups excluding carboxylic acids is 1. The van der Waals surface area contributed by atoms with Crippen molar-refractivity contribution in [3.8, 4) is 0 Å². The summed E-state index contributed by atoms with van der Waals surface area (Å²) in [5.41, 5.74) is 0.0492. The van der Waals surface area contributed by atoms with Crippen molar-refractivity contribution in [3.63, 3.8) is 0 Å². The molecule has 2 fully saturated rings. The minimum Gasteiger partial charge on any atom is -0.381 e. The standard InChI is InChI=1S/C20H25FN4O4/c21-17-12-22-7-3-16(17)20(26)25-8-1-2-15(13-25)28-11-6-18-23-19(29-24-18)14-4-9-27-10-5-14/h3,7,12,14-15H,1-2,4-6,8-11,13H2. The van der Waals surface area contributed by atoms with Crippen LogP contribution in [-0.2, 0) is 15.9 Å². The molecule has 1 amide bonds. The molecule has 0 spiro atoms. The van der Waals surface area contributed by atoms with Crippen LogP contribution in [0.1, 0.15) is 53.7 Å². The normalized spacial score (nSPS) is 20.7. The number of rotatable bonds is 6. The van der Waals surface area contributed by atoms with Gasteiger partial charge < -0.3 is 18.9 Å². The van der Waals surface area contributed by atoms with Crippen LogP contribution in [0.4, 0.5) is 4.39 Å². The van der Waals surface area contributed by atoms with Crippen LogP contribution < -0.4 is 0 Å². The predicted molar refractivity (Wildman–Crippen MR) is 99.9 cm³/mol. The van der Waals surface area contributed by atoms with Crippen molar-refractivity contribution in [2.24, 2.45) is 0 Å². The van der Waals surface area contributed by atoms with Crippen molar-refractivity contribution >= 4 is 5.91 Å². The van der Waals surface area contributed by atoms with Gasteiger partial charge in [-0.05, 0) is 31.7 Å². The summed E-state index contributed by atoms with van der Waals surface area (Å²) in [6, 6.07) is 1.41. The minimum absolute atomic E-state index is 0.0492. The number of likely N-dealkylation sites (tertiary alicyclic amines) is 1. The maximum Gasteiger partial charge on any atom is 0.257 e. The number of amides is 1. The monoisotopic (exact) mass is 404 g/mol. The third-order valence-corrected chi connectivity index (χ3v) is 5.40. The number of aromatic nitrogens is 3. The Morgan fingerprint density at radius 1 is 1.31 bits per heavy atom. The first kappa shape index (κ1) is 19.9. The number of hydrogen-bond acceptors (Lipinski definition) is 7. The van der Waals surface area contributed by atoms with E-state index in [0.29, 0.717) is 37.8 Å². The van der Waals surface area contributed by atoms with E-state index >= 15 is 0 Å². The lowest BCUT2D eigenvalue weighted by atomic mass is 10.0. The fourth-order valence-electron chi connectivity index (χ4n) is 3.77. The molecule has 8 nitrogen and oxygen atoms in total. The van der Waals surface area contributed by atoms with Gasteiger partial charge in [0, 0.05) is 44.8 Å². The zero-order valence-corrected chi connectivity index (χ0v) is 16.3. The first-order valence-corrected chi connectivity index (χ1v) is 10.1. The zero-order chi connectivity index (χ0) is 20.1. The summed E-state index contributed by atoms with van der Waals surface area (Å²) in [6.07, 6.45) is 6.44.